The molecule has 1 atom stereocenters. The highest BCUT2D eigenvalue weighted by Crippen LogP contribution is 2.21. The van der Waals surface area contributed by atoms with Crippen molar-refractivity contribution in [3.63, 3.8) is 0 Å². The Kier molecular flexibility index (Phi) is 4.14. The summed E-state index contributed by atoms with van der Waals surface area (Å²) < 4.78 is 6.45. The van der Waals surface area contributed by atoms with E-state index >= 15 is 0 Å². The second-order valence-electron chi connectivity index (χ2n) is 5.02. The van der Waals surface area contributed by atoms with Crippen molar-refractivity contribution < 1.29 is 4.52 Å². The lowest BCUT2D eigenvalue weighted by Gasteiger charge is -2.30. The van der Waals surface area contributed by atoms with Gasteiger partial charge in [0.1, 0.15) is 0 Å². The maximum Gasteiger partial charge on any atom is 0.231 e. The molecule has 0 aliphatic carbocycles. The highest BCUT2D eigenvalue weighted by Gasteiger charge is 2.25. The number of piperazine rings is 1. The Labute approximate surface area is 126 Å². The zero-order valence-electron chi connectivity index (χ0n) is 11.3. The van der Waals surface area contributed by atoms with E-state index in [4.69, 9.17) is 4.52 Å². The number of halogens is 1. The van der Waals surface area contributed by atoms with Gasteiger partial charge in [-0.1, -0.05) is 39.3 Å². The molecule has 1 N–H and O–H groups in total. The van der Waals surface area contributed by atoms with Crippen molar-refractivity contribution in [2.75, 3.05) is 26.7 Å². The molecule has 1 unspecified atom stereocenters. The fraction of sp³-hybridized carbons (Fsp3) is 0.429. The summed E-state index contributed by atoms with van der Waals surface area (Å²) in [6.45, 7) is 2.87. The van der Waals surface area contributed by atoms with E-state index in [2.05, 4.69) is 49.4 Å². The molecule has 2 heterocycles. The number of rotatable bonds is 3. The highest BCUT2D eigenvalue weighted by molar-refractivity contribution is 9.10. The molecule has 0 bridgehead atoms. The van der Waals surface area contributed by atoms with Crippen LogP contribution in [0, 0.1) is 0 Å². The summed E-state index contributed by atoms with van der Waals surface area (Å²) in [6, 6.07) is 8.28. The van der Waals surface area contributed by atoms with Gasteiger partial charge in [-0.05, 0) is 18.7 Å². The third-order valence-corrected chi connectivity index (χ3v) is 4.37. The topological polar surface area (TPSA) is 54.2 Å². The van der Waals surface area contributed by atoms with Gasteiger partial charge in [0.2, 0.25) is 5.89 Å². The molecule has 5 nitrogen and oxygen atoms in total. The van der Waals surface area contributed by atoms with E-state index in [-0.39, 0.29) is 6.04 Å². The third kappa shape index (κ3) is 2.92. The molecule has 106 valence electrons. The van der Waals surface area contributed by atoms with Gasteiger partial charge >= 0.3 is 0 Å². The van der Waals surface area contributed by atoms with Crippen LogP contribution < -0.4 is 5.32 Å². The van der Waals surface area contributed by atoms with E-state index in [1.807, 2.05) is 18.2 Å². The fourth-order valence-electron chi connectivity index (χ4n) is 2.37. The average Bonchev–Trinajstić information content (AvgIpc) is 2.90. The molecule has 2 aromatic rings. The predicted molar refractivity (Wildman–Crippen MR) is 79.5 cm³/mol. The summed E-state index contributed by atoms with van der Waals surface area (Å²) in [6.07, 6.45) is 0.651. The number of likely N-dealkylation sites (N-methyl/N-ethyl adjacent to an activating group) is 1. The first kappa shape index (κ1) is 13.7. The van der Waals surface area contributed by atoms with Crippen molar-refractivity contribution in [2.24, 2.45) is 0 Å². The summed E-state index contributed by atoms with van der Waals surface area (Å²) in [7, 11) is 2.09. The zero-order valence-corrected chi connectivity index (χ0v) is 12.9. The van der Waals surface area contributed by atoms with Gasteiger partial charge < -0.3 is 9.84 Å². The first-order valence-corrected chi connectivity index (χ1v) is 7.50. The first-order chi connectivity index (χ1) is 9.74. The second kappa shape index (κ2) is 6.03. The monoisotopic (exact) mass is 336 g/mol. The number of aromatic nitrogens is 2. The lowest BCUT2D eigenvalue weighted by atomic mass is 10.1. The fourth-order valence-corrected chi connectivity index (χ4v) is 2.80. The minimum Gasteiger partial charge on any atom is -0.339 e. The van der Waals surface area contributed by atoms with Crippen molar-refractivity contribution in [1.82, 2.24) is 20.4 Å². The molecule has 0 saturated carbocycles. The van der Waals surface area contributed by atoms with E-state index in [9.17, 15) is 0 Å². The Morgan fingerprint density at radius 1 is 1.45 bits per heavy atom. The summed E-state index contributed by atoms with van der Waals surface area (Å²) in [5.74, 6) is 1.42. The van der Waals surface area contributed by atoms with Gasteiger partial charge in [-0.3, -0.25) is 4.90 Å². The summed E-state index contributed by atoms with van der Waals surface area (Å²) in [4.78, 5) is 6.79. The Balaban J connectivity index is 1.75. The van der Waals surface area contributed by atoms with E-state index in [0.717, 1.165) is 35.5 Å². The number of hydrogen-bond donors (Lipinski definition) is 1. The smallest absolute Gasteiger partial charge is 0.231 e. The van der Waals surface area contributed by atoms with Crippen LogP contribution in [0.1, 0.15) is 23.3 Å². The average molecular weight is 337 g/mol. The standard InChI is InChI=1S/C14H17BrN4O/c1-19-7-6-16-9-12(19)14-17-13(20-18-14)8-10-4-2-3-5-11(10)15/h2-5,12,16H,6-9H2,1H3. The number of benzene rings is 1. The summed E-state index contributed by atoms with van der Waals surface area (Å²) in [5, 5.41) is 7.49. The van der Waals surface area contributed by atoms with Crippen LogP contribution in [-0.2, 0) is 6.42 Å². The molecule has 0 radical (unpaired) electrons. The van der Waals surface area contributed by atoms with E-state index in [1.165, 1.54) is 0 Å². The van der Waals surface area contributed by atoms with Crippen LogP contribution in [0.3, 0.4) is 0 Å². The maximum atomic E-state index is 5.39. The molecule has 1 aromatic carbocycles. The molecular formula is C14H17BrN4O. The zero-order chi connectivity index (χ0) is 13.9. The number of nitrogens with zero attached hydrogens (tertiary/aromatic N) is 3. The van der Waals surface area contributed by atoms with Crippen molar-refractivity contribution >= 4 is 15.9 Å². The van der Waals surface area contributed by atoms with Gasteiger partial charge in [-0.2, -0.15) is 4.98 Å². The quantitative estimate of drug-likeness (QED) is 0.929. The van der Waals surface area contributed by atoms with Crippen LogP contribution in [0.4, 0.5) is 0 Å². The molecule has 0 amide bonds. The SMILES string of the molecule is CN1CCNCC1c1noc(Cc2ccccc2Br)n1. The molecule has 3 rings (SSSR count). The number of nitrogens with one attached hydrogen (secondary N) is 1. The van der Waals surface area contributed by atoms with Crippen LogP contribution in [-0.4, -0.2) is 41.7 Å². The van der Waals surface area contributed by atoms with Gasteiger partial charge in [0.05, 0.1) is 12.5 Å². The van der Waals surface area contributed by atoms with Crippen molar-refractivity contribution in [2.45, 2.75) is 12.5 Å². The van der Waals surface area contributed by atoms with E-state index in [0.29, 0.717) is 12.3 Å². The van der Waals surface area contributed by atoms with E-state index < -0.39 is 0 Å². The number of hydrogen-bond acceptors (Lipinski definition) is 5. The molecule has 1 fully saturated rings. The molecule has 0 spiro atoms. The molecule has 6 heteroatoms. The normalized spacial score (nSPS) is 20.2. The third-order valence-electron chi connectivity index (χ3n) is 3.59. The molecule has 1 aliphatic rings. The molecule has 1 aliphatic heterocycles. The van der Waals surface area contributed by atoms with Crippen molar-refractivity contribution in [3.8, 4) is 0 Å². The lowest BCUT2D eigenvalue weighted by Crippen LogP contribution is -2.44. The van der Waals surface area contributed by atoms with Crippen molar-refractivity contribution in [1.29, 1.82) is 0 Å². The first-order valence-electron chi connectivity index (χ1n) is 6.71. The molecular weight excluding hydrogens is 320 g/mol. The molecule has 1 aromatic heterocycles. The summed E-state index contributed by atoms with van der Waals surface area (Å²) >= 11 is 3.54. The predicted octanol–water partition coefficient (Wildman–Crippen LogP) is 2.00. The Morgan fingerprint density at radius 2 is 2.30 bits per heavy atom. The van der Waals surface area contributed by atoms with Crippen molar-refractivity contribution in [3.05, 3.63) is 46.0 Å². The lowest BCUT2D eigenvalue weighted by molar-refractivity contribution is 0.190. The summed E-state index contributed by atoms with van der Waals surface area (Å²) in [5.41, 5.74) is 1.15. The van der Waals surface area contributed by atoms with Crippen LogP contribution >= 0.6 is 15.9 Å². The Hall–Kier alpha value is -1.24. The Morgan fingerprint density at radius 3 is 3.10 bits per heavy atom. The van der Waals surface area contributed by atoms with Gasteiger partial charge in [-0.25, -0.2) is 0 Å². The largest absolute Gasteiger partial charge is 0.339 e. The van der Waals surface area contributed by atoms with Gasteiger partial charge in [-0.15, -0.1) is 0 Å². The van der Waals surface area contributed by atoms with Crippen LogP contribution in [0.15, 0.2) is 33.3 Å². The van der Waals surface area contributed by atoms with Crippen LogP contribution in [0.5, 0.6) is 0 Å². The molecule has 1 saturated heterocycles. The van der Waals surface area contributed by atoms with E-state index in [1.54, 1.807) is 0 Å². The molecule has 20 heavy (non-hydrogen) atoms. The highest BCUT2D eigenvalue weighted by atomic mass is 79.9. The van der Waals surface area contributed by atoms with Crippen LogP contribution in [0.2, 0.25) is 0 Å². The Bertz CT molecular complexity index is 586. The van der Waals surface area contributed by atoms with Gasteiger partial charge in [0, 0.05) is 24.1 Å². The van der Waals surface area contributed by atoms with Gasteiger partial charge in [0.25, 0.3) is 0 Å². The second-order valence-corrected chi connectivity index (χ2v) is 5.87. The minimum absolute atomic E-state index is 0.195. The van der Waals surface area contributed by atoms with Crippen LogP contribution in [0.25, 0.3) is 0 Å². The maximum absolute atomic E-state index is 5.39. The minimum atomic E-state index is 0.195. The van der Waals surface area contributed by atoms with Gasteiger partial charge in [0.15, 0.2) is 5.82 Å².